The van der Waals surface area contributed by atoms with Gasteiger partial charge in [0.05, 0.1) is 0 Å². The van der Waals surface area contributed by atoms with Gasteiger partial charge in [-0.2, -0.15) is 0 Å². The molecule has 1 aromatic carbocycles. The SMILES string of the molecule is Cl.Fc1c(I)cccc1C1CCNC1. The Kier molecular flexibility index (Phi) is 4.60. The van der Waals surface area contributed by atoms with E-state index in [0.717, 1.165) is 28.6 Å². The maximum atomic E-state index is 13.6. The lowest BCUT2D eigenvalue weighted by Gasteiger charge is -2.10. The van der Waals surface area contributed by atoms with E-state index in [4.69, 9.17) is 0 Å². The smallest absolute Gasteiger partial charge is 0.140 e. The Morgan fingerprint density at radius 2 is 2.21 bits per heavy atom. The summed E-state index contributed by atoms with van der Waals surface area (Å²) >= 11 is 2.04. The lowest BCUT2D eigenvalue weighted by molar-refractivity contribution is 0.581. The van der Waals surface area contributed by atoms with Crippen molar-refractivity contribution in [2.24, 2.45) is 0 Å². The molecule has 0 amide bonds. The van der Waals surface area contributed by atoms with Gasteiger partial charge in [-0.25, -0.2) is 4.39 Å². The zero-order valence-corrected chi connectivity index (χ0v) is 10.6. The number of benzene rings is 1. The summed E-state index contributed by atoms with van der Waals surface area (Å²) in [5.74, 6) is 0.339. The summed E-state index contributed by atoms with van der Waals surface area (Å²) in [5, 5.41) is 3.25. The monoisotopic (exact) mass is 327 g/mol. The van der Waals surface area contributed by atoms with Gasteiger partial charge in [0.15, 0.2) is 0 Å². The van der Waals surface area contributed by atoms with Crippen molar-refractivity contribution in [3.8, 4) is 0 Å². The zero-order valence-electron chi connectivity index (χ0n) is 7.59. The van der Waals surface area contributed by atoms with Gasteiger partial charge in [0.1, 0.15) is 5.82 Å². The molecule has 1 aliphatic heterocycles. The van der Waals surface area contributed by atoms with Gasteiger partial charge >= 0.3 is 0 Å². The first-order valence-electron chi connectivity index (χ1n) is 4.43. The van der Waals surface area contributed by atoms with Crippen LogP contribution < -0.4 is 5.32 Å². The van der Waals surface area contributed by atoms with Gasteiger partial charge in [-0.15, -0.1) is 12.4 Å². The molecule has 2 rings (SSSR count). The molecule has 0 aromatic heterocycles. The van der Waals surface area contributed by atoms with E-state index in [2.05, 4.69) is 5.32 Å². The molecule has 1 heterocycles. The first-order valence-corrected chi connectivity index (χ1v) is 5.51. The molecule has 14 heavy (non-hydrogen) atoms. The number of nitrogens with one attached hydrogen (secondary N) is 1. The molecule has 78 valence electrons. The van der Waals surface area contributed by atoms with Gasteiger partial charge in [0.25, 0.3) is 0 Å². The minimum atomic E-state index is -0.0307. The molecule has 0 aliphatic carbocycles. The van der Waals surface area contributed by atoms with Gasteiger partial charge in [-0.1, -0.05) is 12.1 Å². The van der Waals surface area contributed by atoms with Crippen LogP contribution in [-0.4, -0.2) is 13.1 Å². The quantitative estimate of drug-likeness (QED) is 0.782. The number of hydrogen-bond donors (Lipinski definition) is 1. The van der Waals surface area contributed by atoms with E-state index in [1.807, 2.05) is 40.8 Å². The largest absolute Gasteiger partial charge is 0.316 e. The average Bonchev–Trinajstić information content (AvgIpc) is 2.62. The molecular formula is C10H12ClFIN. The summed E-state index contributed by atoms with van der Waals surface area (Å²) in [7, 11) is 0. The molecule has 0 spiro atoms. The van der Waals surface area contributed by atoms with Gasteiger partial charge < -0.3 is 5.32 Å². The van der Waals surface area contributed by atoms with Crippen molar-refractivity contribution in [1.82, 2.24) is 5.32 Å². The minimum absolute atomic E-state index is 0. The summed E-state index contributed by atoms with van der Waals surface area (Å²) in [5.41, 5.74) is 0.872. The van der Waals surface area contributed by atoms with Crippen LogP contribution in [0.15, 0.2) is 18.2 Å². The molecule has 1 fully saturated rings. The van der Waals surface area contributed by atoms with Crippen molar-refractivity contribution < 1.29 is 4.39 Å². The minimum Gasteiger partial charge on any atom is -0.316 e. The third-order valence-electron chi connectivity index (χ3n) is 2.48. The van der Waals surface area contributed by atoms with Crippen molar-refractivity contribution in [2.75, 3.05) is 13.1 Å². The van der Waals surface area contributed by atoms with Crippen molar-refractivity contribution in [3.63, 3.8) is 0 Å². The van der Waals surface area contributed by atoms with Crippen molar-refractivity contribution in [3.05, 3.63) is 33.1 Å². The Morgan fingerprint density at radius 1 is 1.43 bits per heavy atom. The standard InChI is InChI=1S/C10H11FIN.ClH/c11-10-8(2-1-3-9(10)12)7-4-5-13-6-7;/h1-3,7,13H,4-6H2;1H. The molecule has 0 bridgehead atoms. The number of hydrogen-bond acceptors (Lipinski definition) is 1. The second-order valence-corrected chi connectivity index (χ2v) is 4.49. The van der Waals surface area contributed by atoms with E-state index in [0.29, 0.717) is 5.92 Å². The fourth-order valence-electron chi connectivity index (χ4n) is 1.76. The molecule has 1 atom stereocenters. The maximum Gasteiger partial charge on any atom is 0.140 e. The topological polar surface area (TPSA) is 12.0 Å². The van der Waals surface area contributed by atoms with E-state index in [9.17, 15) is 4.39 Å². The van der Waals surface area contributed by atoms with Crippen LogP contribution in [0.5, 0.6) is 0 Å². The Morgan fingerprint density at radius 3 is 2.86 bits per heavy atom. The Bertz CT molecular complexity index is 313. The Hall–Kier alpha value is 0.130. The van der Waals surface area contributed by atoms with Crippen LogP contribution in [0.25, 0.3) is 0 Å². The van der Waals surface area contributed by atoms with Crippen molar-refractivity contribution in [1.29, 1.82) is 0 Å². The number of halogens is 3. The highest BCUT2D eigenvalue weighted by Gasteiger charge is 2.20. The first kappa shape index (κ1) is 12.2. The summed E-state index contributed by atoms with van der Waals surface area (Å²) in [6.45, 7) is 1.92. The predicted octanol–water partition coefficient (Wildman–Crippen LogP) is 2.93. The van der Waals surface area contributed by atoms with E-state index in [-0.39, 0.29) is 18.2 Å². The third kappa shape index (κ3) is 2.38. The Labute approximate surface area is 103 Å². The molecule has 1 saturated heterocycles. The average molecular weight is 328 g/mol. The van der Waals surface area contributed by atoms with Gasteiger partial charge in [-0.05, 0) is 47.2 Å². The molecule has 1 aromatic rings. The van der Waals surface area contributed by atoms with Crippen molar-refractivity contribution >= 4 is 35.0 Å². The second-order valence-electron chi connectivity index (χ2n) is 3.33. The fraction of sp³-hybridized carbons (Fsp3) is 0.400. The highest BCUT2D eigenvalue weighted by molar-refractivity contribution is 14.1. The molecular weight excluding hydrogens is 315 g/mol. The number of rotatable bonds is 1. The lowest BCUT2D eigenvalue weighted by Crippen LogP contribution is -2.09. The highest BCUT2D eigenvalue weighted by Crippen LogP contribution is 2.26. The predicted molar refractivity (Wildman–Crippen MR) is 66.6 cm³/mol. The van der Waals surface area contributed by atoms with Crippen LogP contribution in [0, 0.1) is 9.39 Å². The first-order chi connectivity index (χ1) is 6.29. The molecule has 1 aliphatic rings. The molecule has 0 radical (unpaired) electrons. The van der Waals surface area contributed by atoms with E-state index >= 15 is 0 Å². The van der Waals surface area contributed by atoms with Crippen LogP contribution in [0.3, 0.4) is 0 Å². The van der Waals surface area contributed by atoms with Crippen LogP contribution in [0.4, 0.5) is 4.39 Å². The molecule has 1 N–H and O–H groups in total. The molecule has 4 heteroatoms. The molecule has 1 unspecified atom stereocenters. The highest BCUT2D eigenvalue weighted by atomic mass is 127. The second kappa shape index (κ2) is 5.28. The summed E-state index contributed by atoms with van der Waals surface area (Å²) in [4.78, 5) is 0. The van der Waals surface area contributed by atoms with Crippen LogP contribution >= 0.6 is 35.0 Å². The van der Waals surface area contributed by atoms with E-state index in [1.165, 1.54) is 0 Å². The Balaban J connectivity index is 0.000000980. The van der Waals surface area contributed by atoms with E-state index < -0.39 is 0 Å². The van der Waals surface area contributed by atoms with Crippen LogP contribution in [0.2, 0.25) is 0 Å². The van der Waals surface area contributed by atoms with Crippen molar-refractivity contribution in [2.45, 2.75) is 12.3 Å². The zero-order chi connectivity index (χ0) is 9.26. The normalized spacial score (nSPS) is 20.6. The summed E-state index contributed by atoms with van der Waals surface area (Å²) < 4.78 is 14.3. The van der Waals surface area contributed by atoms with E-state index in [1.54, 1.807) is 0 Å². The van der Waals surface area contributed by atoms with Crippen LogP contribution in [-0.2, 0) is 0 Å². The van der Waals surface area contributed by atoms with Gasteiger partial charge in [0.2, 0.25) is 0 Å². The third-order valence-corrected chi connectivity index (χ3v) is 3.31. The summed E-state index contributed by atoms with van der Waals surface area (Å²) in [6.07, 6.45) is 1.05. The van der Waals surface area contributed by atoms with Gasteiger partial charge in [-0.3, -0.25) is 0 Å². The lowest BCUT2D eigenvalue weighted by atomic mass is 9.98. The maximum absolute atomic E-state index is 13.6. The van der Waals surface area contributed by atoms with Gasteiger partial charge in [0, 0.05) is 16.0 Å². The fourth-order valence-corrected chi connectivity index (χ4v) is 2.27. The van der Waals surface area contributed by atoms with Crippen LogP contribution in [0.1, 0.15) is 17.9 Å². The summed E-state index contributed by atoms with van der Waals surface area (Å²) in [6, 6.07) is 5.63. The molecule has 0 saturated carbocycles. The molecule has 1 nitrogen and oxygen atoms in total.